The lowest BCUT2D eigenvalue weighted by atomic mass is 10.2. The van der Waals surface area contributed by atoms with Gasteiger partial charge in [0, 0.05) is 18.1 Å². The van der Waals surface area contributed by atoms with Gasteiger partial charge in [0.1, 0.15) is 0 Å². The molecule has 2 aromatic carbocycles. The number of hydrogen-bond donors (Lipinski definition) is 1. The first-order valence-corrected chi connectivity index (χ1v) is 8.95. The molecule has 0 aliphatic heterocycles. The van der Waals surface area contributed by atoms with Crippen molar-refractivity contribution in [1.29, 1.82) is 0 Å². The zero-order valence-electron chi connectivity index (χ0n) is 12.0. The van der Waals surface area contributed by atoms with E-state index in [2.05, 4.69) is 5.32 Å². The molecule has 3 nitrogen and oxygen atoms in total. The fourth-order valence-corrected chi connectivity index (χ4v) is 3.52. The average Bonchev–Trinajstić information content (AvgIpc) is 2.44. The standard InChI is InChI=1S/C16H18ClNO2S.ClH/c17-16-8-4-7-15(11-16)12-18-9-10-21(19,20)13-14-5-2-1-3-6-14;/h1-8,11,18H,9-10,12-13H2;1H. The fourth-order valence-electron chi connectivity index (χ4n) is 2.01. The van der Waals surface area contributed by atoms with Gasteiger partial charge in [-0.1, -0.05) is 54.1 Å². The Morgan fingerprint density at radius 2 is 1.64 bits per heavy atom. The Hall–Kier alpha value is -1.07. The quantitative estimate of drug-likeness (QED) is 0.769. The lowest BCUT2D eigenvalue weighted by molar-refractivity contribution is 0.590. The van der Waals surface area contributed by atoms with Crippen LogP contribution >= 0.6 is 24.0 Å². The lowest BCUT2D eigenvalue weighted by Gasteiger charge is -2.07. The van der Waals surface area contributed by atoms with Crippen molar-refractivity contribution in [1.82, 2.24) is 5.32 Å². The van der Waals surface area contributed by atoms with Gasteiger partial charge in [-0.3, -0.25) is 0 Å². The van der Waals surface area contributed by atoms with E-state index in [1.54, 1.807) is 0 Å². The van der Waals surface area contributed by atoms with Crippen LogP contribution in [0, 0.1) is 0 Å². The van der Waals surface area contributed by atoms with Crippen LogP contribution in [0.3, 0.4) is 0 Å². The van der Waals surface area contributed by atoms with Crippen LogP contribution in [0.15, 0.2) is 54.6 Å². The molecule has 0 unspecified atom stereocenters. The summed E-state index contributed by atoms with van der Waals surface area (Å²) in [6.45, 7) is 1.04. The van der Waals surface area contributed by atoms with E-state index in [1.165, 1.54) is 0 Å². The second kappa shape index (κ2) is 9.16. The van der Waals surface area contributed by atoms with Crippen molar-refractivity contribution in [2.45, 2.75) is 12.3 Å². The second-order valence-electron chi connectivity index (χ2n) is 4.88. The SMILES string of the molecule is Cl.O=S(=O)(CCNCc1cccc(Cl)c1)Cc1ccccc1. The molecule has 120 valence electrons. The minimum absolute atomic E-state index is 0. The average molecular weight is 360 g/mol. The van der Waals surface area contributed by atoms with Gasteiger partial charge < -0.3 is 5.32 Å². The Morgan fingerprint density at radius 3 is 2.32 bits per heavy atom. The molecule has 0 atom stereocenters. The Morgan fingerprint density at radius 1 is 0.955 bits per heavy atom. The summed E-state index contributed by atoms with van der Waals surface area (Å²) in [5.74, 6) is 0.217. The van der Waals surface area contributed by atoms with Crippen molar-refractivity contribution in [3.05, 3.63) is 70.7 Å². The number of nitrogens with one attached hydrogen (secondary N) is 1. The normalized spacial score (nSPS) is 11.0. The summed E-state index contributed by atoms with van der Waals surface area (Å²) in [6, 6.07) is 16.8. The van der Waals surface area contributed by atoms with E-state index in [0.717, 1.165) is 11.1 Å². The molecule has 2 rings (SSSR count). The molecule has 0 saturated carbocycles. The van der Waals surface area contributed by atoms with Gasteiger partial charge in [0.05, 0.1) is 11.5 Å². The predicted octanol–water partition coefficient (Wildman–Crippen LogP) is 3.47. The molecular formula is C16H19Cl2NO2S. The summed E-state index contributed by atoms with van der Waals surface area (Å²) in [6.07, 6.45) is 0. The maximum Gasteiger partial charge on any atom is 0.155 e. The van der Waals surface area contributed by atoms with Crippen LogP contribution in [-0.4, -0.2) is 20.7 Å². The van der Waals surface area contributed by atoms with Gasteiger partial charge in [-0.2, -0.15) is 0 Å². The van der Waals surface area contributed by atoms with Crippen molar-refractivity contribution in [3.63, 3.8) is 0 Å². The number of benzene rings is 2. The smallest absolute Gasteiger partial charge is 0.155 e. The van der Waals surface area contributed by atoms with Crippen LogP contribution in [0.5, 0.6) is 0 Å². The summed E-state index contributed by atoms with van der Waals surface area (Å²) >= 11 is 5.90. The van der Waals surface area contributed by atoms with Gasteiger partial charge in [0.15, 0.2) is 9.84 Å². The number of rotatable bonds is 7. The van der Waals surface area contributed by atoms with E-state index in [-0.39, 0.29) is 23.9 Å². The maximum atomic E-state index is 12.0. The zero-order chi connectivity index (χ0) is 15.1. The second-order valence-corrected chi connectivity index (χ2v) is 7.50. The van der Waals surface area contributed by atoms with E-state index in [1.807, 2.05) is 54.6 Å². The van der Waals surface area contributed by atoms with Crippen molar-refractivity contribution in [3.8, 4) is 0 Å². The highest BCUT2D eigenvalue weighted by molar-refractivity contribution is 7.90. The molecule has 0 fully saturated rings. The van der Waals surface area contributed by atoms with Gasteiger partial charge in [-0.05, 0) is 23.3 Å². The molecule has 0 bridgehead atoms. The molecule has 0 spiro atoms. The molecule has 2 aromatic rings. The topological polar surface area (TPSA) is 46.2 Å². The monoisotopic (exact) mass is 359 g/mol. The first kappa shape index (κ1) is 19.0. The van der Waals surface area contributed by atoms with Crippen LogP contribution in [0.2, 0.25) is 5.02 Å². The molecular weight excluding hydrogens is 341 g/mol. The molecule has 0 aliphatic carbocycles. The molecule has 0 heterocycles. The van der Waals surface area contributed by atoms with Crippen molar-refractivity contribution < 1.29 is 8.42 Å². The first-order chi connectivity index (χ1) is 10.1. The maximum absolute atomic E-state index is 12.0. The molecule has 0 aliphatic rings. The molecule has 22 heavy (non-hydrogen) atoms. The number of sulfone groups is 1. The summed E-state index contributed by atoms with van der Waals surface area (Å²) in [7, 11) is -3.09. The van der Waals surface area contributed by atoms with Gasteiger partial charge in [-0.15, -0.1) is 12.4 Å². The highest BCUT2D eigenvalue weighted by Crippen LogP contribution is 2.10. The molecule has 0 amide bonds. The van der Waals surface area contributed by atoms with Crippen LogP contribution < -0.4 is 5.32 Å². The van der Waals surface area contributed by atoms with Gasteiger partial charge in [0.2, 0.25) is 0 Å². The third kappa shape index (κ3) is 6.79. The molecule has 6 heteroatoms. The van der Waals surface area contributed by atoms with Crippen molar-refractivity contribution in [2.75, 3.05) is 12.3 Å². The summed E-state index contributed by atoms with van der Waals surface area (Å²) in [5, 5.41) is 3.82. The van der Waals surface area contributed by atoms with Gasteiger partial charge >= 0.3 is 0 Å². The van der Waals surface area contributed by atoms with Crippen LogP contribution in [0.25, 0.3) is 0 Å². The number of halogens is 2. The van der Waals surface area contributed by atoms with Crippen LogP contribution in [-0.2, 0) is 22.1 Å². The Kier molecular flexibility index (Phi) is 7.90. The summed E-state index contributed by atoms with van der Waals surface area (Å²) < 4.78 is 24.0. The molecule has 0 radical (unpaired) electrons. The van der Waals surface area contributed by atoms with Crippen molar-refractivity contribution in [2.24, 2.45) is 0 Å². The largest absolute Gasteiger partial charge is 0.312 e. The first-order valence-electron chi connectivity index (χ1n) is 6.75. The molecule has 0 aromatic heterocycles. The third-order valence-corrected chi connectivity index (χ3v) is 4.87. The minimum atomic E-state index is -3.09. The van der Waals surface area contributed by atoms with E-state index < -0.39 is 9.84 Å². The zero-order valence-corrected chi connectivity index (χ0v) is 14.4. The van der Waals surface area contributed by atoms with Crippen molar-refractivity contribution >= 4 is 33.8 Å². The highest BCUT2D eigenvalue weighted by atomic mass is 35.5. The van der Waals surface area contributed by atoms with Gasteiger partial charge in [0.25, 0.3) is 0 Å². The van der Waals surface area contributed by atoms with E-state index in [9.17, 15) is 8.42 Å². The summed E-state index contributed by atoms with van der Waals surface area (Å²) in [5.41, 5.74) is 1.87. The summed E-state index contributed by atoms with van der Waals surface area (Å²) in [4.78, 5) is 0. The number of hydrogen-bond acceptors (Lipinski definition) is 3. The molecule has 1 N–H and O–H groups in total. The third-order valence-electron chi connectivity index (χ3n) is 3.04. The predicted molar refractivity (Wildman–Crippen MR) is 94.3 cm³/mol. The Bertz CT molecular complexity index is 676. The minimum Gasteiger partial charge on any atom is -0.312 e. The van der Waals surface area contributed by atoms with E-state index in [4.69, 9.17) is 11.6 Å². The van der Waals surface area contributed by atoms with Crippen LogP contribution in [0.4, 0.5) is 0 Å². The van der Waals surface area contributed by atoms with Crippen LogP contribution in [0.1, 0.15) is 11.1 Å². The fraction of sp³-hybridized carbons (Fsp3) is 0.250. The highest BCUT2D eigenvalue weighted by Gasteiger charge is 2.11. The van der Waals surface area contributed by atoms with E-state index in [0.29, 0.717) is 18.1 Å². The van der Waals surface area contributed by atoms with E-state index >= 15 is 0 Å². The Balaban J connectivity index is 0.00000242. The Labute approximate surface area is 143 Å². The van der Waals surface area contributed by atoms with Gasteiger partial charge in [-0.25, -0.2) is 8.42 Å². The molecule has 0 saturated heterocycles. The lowest BCUT2D eigenvalue weighted by Crippen LogP contribution is -2.23.